The van der Waals surface area contributed by atoms with Crippen molar-refractivity contribution in [1.29, 1.82) is 0 Å². The van der Waals surface area contributed by atoms with Crippen LogP contribution in [0.3, 0.4) is 0 Å². The second-order valence-electron chi connectivity index (χ2n) is 8.09. The van der Waals surface area contributed by atoms with Crippen LogP contribution in [0.15, 0.2) is 60.7 Å². The minimum atomic E-state index is -0.339. The number of rotatable bonds is 8. The smallest absolute Gasteiger partial charge is 0.227 e. The Kier molecular flexibility index (Phi) is 6.54. The molecule has 1 aliphatic rings. The quantitative estimate of drug-likeness (QED) is 0.591. The average Bonchev–Trinajstić information content (AvgIpc) is 3.46. The van der Waals surface area contributed by atoms with E-state index in [1.807, 2.05) is 54.6 Å². The van der Waals surface area contributed by atoms with Crippen molar-refractivity contribution in [1.82, 2.24) is 15.1 Å². The van der Waals surface area contributed by atoms with Gasteiger partial charge in [0, 0.05) is 37.8 Å². The van der Waals surface area contributed by atoms with E-state index in [2.05, 4.69) is 16.3 Å². The molecule has 7 heteroatoms. The van der Waals surface area contributed by atoms with E-state index < -0.39 is 0 Å². The second kappa shape index (κ2) is 9.68. The number of carbonyl (C=O) groups is 2. The zero-order chi connectivity index (χ0) is 22.5. The summed E-state index contributed by atoms with van der Waals surface area (Å²) in [5, 5.41) is 7.47. The van der Waals surface area contributed by atoms with E-state index in [0.717, 1.165) is 29.8 Å². The summed E-state index contributed by atoms with van der Waals surface area (Å²) in [7, 11) is 3.39. The number of benzene rings is 2. The molecule has 4 rings (SSSR count). The molecule has 0 aliphatic carbocycles. The highest BCUT2D eigenvalue weighted by atomic mass is 16.5. The Morgan fingerprint density at radius 2 is 1.94 bits per heavy atom. The number of nitrogens with zero attached hydrogens (tertiary/aromatic N) is 3. The van der Waals surface area contributed by atoms with Gasteiger partial charge in [-0.15, -0.1) is 0 Å². The number of carbonyl (C=O) groups excluding carboxylic acids is 2. The van der Waals surface area contributed by atoms with Crippen LogP contribution in [0.2, 0.25) is 0 Å². The van der Waals surface area contributed by atoms with Crippen LogP contribution in [0.4, 0.5) is 5.69 Å². The Hall–Kier alpha value is -3.61. The highest BCUT2D eigenvalue weighted by molar-refractivity contribution is 6.01. The van der Waals surface area contributed by atoms with Crippen molar-refractivity contribution in [2.75, 3.05) is 32.1 Å². The first-order chi connectivity index (χ1) is 15.6. The maximum absolute atomic E-state index is 12.9. The third kappa shape index (κ3) is 4.66. The van der Waals surface area contributed by atoms with Crippen molar-refractivity contribution in [3.05, 3.63) is 66.4 Å². The molecule has 1 N–H and O–H groups in total. The molecule has 7 nitrogen and oxygen atoms in total. The molecule has 0 radical (unpaired) electrons. The number of hydrogen-bond acceptors (Lipinski definition) is 4. The Morgan fingerprint density at radius 1 is 1.19 bits per heavy atom. The molecule has 0 spiro atoms. The van der Waals surface area contributed by atoms with Crippen molar-refractivity contribution >= 4 is 17.5 Å². The van der Waals surface area contributed by atoms with Crippen LogP contribution in [-0.2, 0) is 16.0 Å². The Bertz CT molecular complexity index is 1080. The predicted octanol–water partition coefficient (Wildman–Crippen LogP) is 3.53. The SMILES string of the molecule is COc1ccccc1N1CC(C(=O)N(C)CCCc2cc(-c3ccccc3)n[nH]2)CC1=O. The first kappa shape index (κ1) is 21.6. The number of para-hydroxylation sites is 2. The molecule has 1 aromatic heterocycles. The Morgan fingerprint density at radius 3 is 2.72 bits per heavy atom. The van der Waals surface area contributed by atoms with Crippen molar-refractivity contribution in [3.63, 3.8) is 0 Å². The van der Waals surface area contributed by atoms with Gasteiger partial charge in [0.25, 0.3) is 0 Å². The number of aromatic nitrogens is 2. The number of amides is 2. The predicted molar refractivity (Wildman–Crippen MR) is 123 cm³/mol. The summed E-state index contributed by atoms with van der Waals surface area (Å²) in [5.41, 5.74) is 3.76. The van der Waals surface area contributed by atoms with Crippen molar-refractivity contribution in [3.8, 4) is 17.0 Å². The zero-order valence-electron chi connectivity index (χ0n) is 18.5. The van der Waals surface area contributed by atoms with Gasteiger partial charge >= 0.3 is 0 Å². The van der Waals surface area contributed by atoms with Crippen molar-refractivity contribution in [2.24, 2.45) is 5.92 Å². The van der Waals surface area contributed by atoms with Crippen LogP contribution in [0.25, 0.3) is 11.3 Å². The van der Waals surface area contributed by atoms with E-state index >= 15 is 0 Å². The Balaban J connectivity index is 1.30. The van der Waals surface area contributed by atoms with E-state index in [0.29, 0.717) is 24.5 Å². The molecule has 0 saturated carbocycles. The fourth-order valence-electron chi connectivity index (χ4n) is 4.13. The molecular weight excluding hydrogens is 404 g/mol. The minimum Gasteiger partial charge on any atom is -0.495 e. The third-order valence-corrected chi connectivity index (χ3v) is 5.87. The summed E-state index contributed by atoms with van der Waals surface area (Å²) in [6, 6.07) is 19.5. The van der Waals surface area contributed by atoms with Gasteiger partial charge in [-0.1, -0.05) is 42.5 Å². The fraction of sp³-hybridized carbons (Fsp3) is 0.320. The normalized spacial score (nSPS) is 15.8. The maximum Gasteiger partial charge on any atom is 0.227 e. The topological polar surface area (TPSA) is 78.5 Å². The molecule has 1 fully saturated rings. The molecule has 166 valence electrons. The highest BCUT2D eigenvalue weighted by Gasteiger charge is 2.37. The average molecular weight is 433 g/mol. The molecule has 0 bridgehead atoms. The van der Waals surface area contributed by atoms with Gasteiger partial charge in [0.15, 0.2) is 0 Å². The lowest BCUT2D eigenvalue weighted by molar-refractivity contribution is -0.134. The van der Waals surface area contributed by atoms with Crippen LogP contribution in [-0.4, -0.2) is 54.2 Å². The first-order valence-corrected chi connectivity index (χ1v) is 10.8. The fourth-order valence-corrected chi connectivity index (χ4v) is 4.13. The van der Waals surface area contributed by atoms with Crippen LogP contribution < -0.4 is 9.64 Å². The monoisotopic (exact) mass is 432 g/mol. The van der Waals surface area contributed by atoms with Crippen LogP contribution in [0, 0.1) is 5.92 Å². The van der Waals surface area contributed by atoms with Gasteiger partial charge < -0.3 is 14.5 Å². The Labute approximate surface area is 188 Å². The van der Waals surface area contributed by atoms with E-state index in [4.69, 9.17) is 4.74 Å². The second-order valence-corrected chi connectivity index (χ2v) is 8.09. The van der Waals surface area contributed by atoms with Gasteiger partial charge in [0.05, 0.1) is 24.4 Å². The first-order valence-electron chi connectivity index (χ1n) is 10.8. The van der Waals surface area contributed by atoms with E-state index in [1.54, 1.807) is 24.0 Å². The van der Waals surface area contributed by atoms with Crippen LogP contribution in [0.1, 0.15) is 18.5 Å². The van der Waals surface area contributed by atoms with Gasteiger partial charge in [-0.3, -0.25) is 14.7 Å². The number of ether oxygens (including phenoxy) is 1. The van der Waals surface area contributed by atoms with E-state index in [9.17, 15) is 9.59 Å². The maximum atomic E-state index is 12.9. The largest absolute Gasteiger partial charge is 0.495 e. The van der Waals surface area contributed by atoms with E-state index in [-0.39, 0.29) is 24.2 Å². The van der Waals surface area contributed by atoms with Crippen LogP contribution >= 0.6 is 0 Å². The van der Waals surface area contributed by atoms with Gasteiger partial charge in [0.2, 0.25) is 11.8 Å². The number of anilines is 1. The lowest BCUT2D eigenvalue weighted by atomic mass is 10.1. The summed E-state index contributed by atoms with van der Waals surface area (Å²) in [5.74, 6) is 0.253. The number of hydrogen-bond donors (Lipinski definition) is 1. The molecule has 1 atom stereocenters. The lowest BCUT2D eigenvalue weighted by Gasteiger charge is -2.22. The number of methoxy groups -OCH3 is 1. The standard InChI is InChI=1S/C25H28N4O3/c1-28(14-8-11-20-16-21(27-26-20)18-9-4-3-5-10-18)25(31)19-15-24(30)29(17-19)22-12-6-7-13-23(22)32-2/h3-7,9-10,12-13,16,19H,8,11,14-15,17H2,1-2H3,(H,26,27). The third-order valence-electron chi connectivity index (χ3n) is 5.87. The van der Waals surface area contributed by atoms with Crippen molar-refractivity contribution in [2.45, 2.75) is 19.3 Å². The molecular formula is C25H28N4O3. The van der Waals surface area contributed by atoms with Crippen LogP contribution in [0.5, 0.6) is 5.75 Å². The molecule has 2 amide bonds. The summed E-state index contributed by atoms with van der Waals surface area (Å²) >= 11 is 0. The molecule has 3 aromatic rings. The zero-order valence-corrected chi connectivity index (χ0v) is 18.5. The van der Waals surface area contributed by atoms with Crippen molar-refractivity contribution < 1.29 is 14.3 Å². The molecule has 1 saturated heterocycles. The number of aromatic amines is 1. The summed E-state index contributed by atoms with van der Waals surface area (Å²) in [4.78, 5) is 28.9. The summed E-state index contributed by atoms with van der Waals surface area (Å²) < 4.78 is 5.38. The number of nitrogens with one attached hydrogen (secondary N) is 1. The molecule has 32 heavy (non-hydrogen) atoms. The van der Waals surface area contributed by atoms with Gasteiger partial charge in [-0.05, 0) is 31.0 Å². The molecule has 2 aromatic carbocycles. The van der Waals surface area contributed by atoms with Gasteiger partial charge in [0.1, 0.15) is 5.75 Å². The summed E-state index contributed by atoms with van der Waals surface area (Å²) in [6.07, 6.45) is 1.84. The molecule has 1 unspecified atom stereocenters. The lowest BCUT2D eigenvalue weighted by Crippen LogP contribution is -2.35. The highest BCUT2D eigenvalue weighted by Crippen LogP contribution is 2.33. The van der Waals surface area contributed by atoms with E-state index in [1.165, 1.54) is 0 Å². The molecule has 2 heterocycles. The van der Waals surface area contributed by atoms with Gasteiger partial charge in [-0.2, -0.15) is 5.10 Å². The van der Waals surface area contributed by atoms with Gasteiger partial charge in [-0.25, -0.2) is 0 Å². The number of aryl methyl sites for hydroxylation is 1. The number of H-pyrrole nitrogens is 1. The minimum absolute atomic E-state index is 0.00494. The summed E-state index contributed by atoms with van der Waals surface area (Å²) in [6.45, 7) is 1.00. The molecule has 1 aliphatic heterocycles.